The van der Waals surface area contributed by atoms with Gasteiger partial charge < -0.3 is 0 Å². The van der Waals surface area contributed by atoms with Gasteiger partial charge in [-0.15, -0.1) is 22.7 Å². The third-order valence-corrected chi connectivity index (χ3v) is 4.95. The molecule has 0 N–H and O–H groups in total. The van der Waals surface area contributed by atoms with Crippen LogP contribution in [-0.2, 0) is 0 Å². The van der Waals surface area contributed by atoms with Gasteiger partial charge in [0.05, 0.1) is 20.9 Å². The zero-order valence-electron chi connectivity index (χ0n) is 11.6. The molecule has 2 aromatic heterocycles. The molecule has 8 heteroatoms. The van der Waals surface area contributed by atoms with E-state index in [1.807, 2.05) is 0 Å². The molecule has 0 aliphatic rings. The van der Waals surface area contributed by atoms with Gasteiger partial charge in [0.15, 0.2) is 23.3 Å². The Balaban J connectivity index is 2.31. The fourth-order valence-electron chi connectivity index (χ4n) is 2.12. The van der Waals surface area contributed by atoms with Gasteiger partial charge in [-0.3, -0.25) is 9.59 Å². The van der Waals surface area contributed by atoms with Gasteiger partial charge in [0.25, 0.3) is 0 Å². The smallest absolute Gasteiger partial charge is 0.206 e. The van der Waals surface area contributed by atoms with Crippen molar-refractivity contribution >= 4 is 34.2 Å². The highest BCUT2D eigenvalue weighted by Crippen LogP contribution is 2.30. The first-order valence-electron chi connectivity index (χ1n) is 6.45. The first kappa shape index (κ1) is 16.5. The lowest BCUT2D eigenvalue weighted by Crippen LogP contribution is -2.18. The van der Waals surface area contributed by atoms with Crippen LogP contribution >= 0.6 is 22.7 Å². The van der Waals surface area contributed by atoms with Gasteiger partial charge in [0.1, 0.15) is 0 Å². The van der Waals surface area contributed by atoms with Crippen LogP contribution in [0.5, 0.6) is 0 Å². The van der Waals surface area contributed by atoms with E-state index in [2.05, 4.69) is 0 Å². The predicted octanol–water partition coefficient (Wildman–Crippen LogP) is 4.83. The first-order valence-corrected chi connectivity index (χ1v) is 8.21. The van der Waals surface area contributed by atoms with Crippen molar-refractivity contribution in [2.24, 2.45) is 0 Å². The fraction of sp³-hybridized carbons (Fsp3) is 0. The van der Waals surface area contributed by atoms with Crippen LogP contribution in [0, 0.1) is 23.3 Å². The Bertz CT molecular complexity index is 855. The maximum atomic E-state index is 14.2. The molecule has 122 valence electrons. The van der Waals surface area contributed by atoms with Crippen LogP contribution in [0.15, 0.2) is 35.0 Å². The first-order chi connectivity index (χ1) is 11.4. The van der Waals surface area contributed by atoms with Crippen molar-refractivity contribution in [3.8, 4) is 0 Å². The summed E-state index contributed by atoms with van der Waals surface area (Å²) in [5.41, 5.74) is -2.21. The molecule has 1 aromatic carbocycles. The summed E-state index contributed by atoms with van der Waals surface area (Å²) in [5.74, 6) is -10.2. The lowest BCUT2D eigenvalue weighted by molar-refractivity contribution is 0.0997. The summed E-state index contributed by atoms with van der Waals surface area (Å²) in [6.07, 6.45) is 0. The van der Waals surface area contributed by atoms with Gasteiger partial charge in [0.2, 0.25) is 11.6 Å². The summed E-state index contributed by atoms with van der Waals surface area (Å²) in [4.78, 5) is 24.8. The molecule has 2 heterocycles. The van der Waals surface area contributed by atoms with E-state index in [0.717, 1.165) is 22.7 Å². The fourth-order valence-corrected chi connectivity index (χ4v) is 3.46. The van der Waals surface area contributed by atoms with Crippen LogP contribution in [0.1, 0.15) is 30.5 Å². The molecule has 0 unspecified atom stereocenters. The minimum Gasteiger partial charge on any atom is -0.288 e. The number of benzene rings is 1. The van der Waals surface area contributed by atoms with Crippen LogP contribution in [-0.4, -0.2) is 11.6 Å². The number of ketones is 2. The van der Waals surface area contributed by atoms with E-state index in [4.69, 9.17) is 0 Å². The largest absolute Gasteiger partial charge is 0.288 e. The SMILES string of the molecule is O=C(c1cccs1)c1c(F)c(F)c(F)c(F)c1C(=O)c1cccs1. The number of thiophene rings is 2. The molecule has 0 atom stereocenters. The Kier molecular flexibility index (Phi) is 4.33. The third-order valence-electron chi connectivity index (χ3n) is 3.21. The zero-order valence-corrected chi connectivity index (χ0v) is 13.2. The van der Waals surface area contributed by atoms with Gasteiger partial charge in [-0.2, -0.15) is 0 Å². The number of halogens is 4. The quantitative estimate of drug-likeness (QED) is 0.285. The predicted molar refractivity (Wildman–Crippen MR) is 81.8 cm³/mol. The average molecular weight is 370 g/mol. The van der Waals surface area contributed by atoms with Crippen LogP contribution in [0.4, 0.5) is 17.6 Å². The molecular formula is C16H6F4O2S2. The van der Waals surface area contributed by atoms with Crippen molar-refractivity contribution in [2.75, 3.05) is 0 Å². The summed E-state index contributed by atoms with van der Waals surface area (Å²) in [7, 11) is 0. The number of carbonyl (C=O) groups excluding carboxylic acids is 2. The Hall–Kier alpha value is -2.32. The van der Waals surface area contributed by atoms with Crippen LogP contribution in [0.3, 0.4) is 0 Å². The standard InChI is InChI=1S/C16H6F4O2S2/c17-11-9(15(21)7-3-1-5-23-7)10(12(18)14(20)13(11)19)16(22)8-4-2-6-24-8/h1-6H. The van der Waals surface area contributed by atoms with Crippen molar-refractivity contribution in [1.29, 1.82) is 0 Å². The number of hydrogen-bond acceptors (Lipinski definition) is 4. The van der Waals surface area contributed by atoms with Crippen LogP contribution < -0.4 is 0 Å². The number of rotatable bonds is 4. The van der Waals surface area contributed by atoms with E-state index >= 15 is 0 Å². The maximum Gasteiger partial charge on any atom is 0.206 e. The zero-order chi connectivity index (χ0) is 17.4. The van der Waals surface area contributed by atoms with Gasteiger partial charge in [-0.05, 0) is 22.9 Å². The molecule has 0 fully saturated rings. The summed E-state index contributed by atoms with van der Waals surface area (Å²) in [5, 5.41) is 3.00. The van der Waals surface area contributed by atoms with Crippen LogP contribution in [0.25, 0.3) is 0 Å². The summed E-state index contributed by atoms with van der Waals surface area (Å²) >= 11 is 1.81. The topological polar surface area (TPSA) is 34.1 Å². The second-order valence-corrected chi connectivity index (χ2v) is 6.51. The van der Waals surface area contributed by atoms with E-state index in [-0.39, 0.29) is 9.75 Å². The average Bonchev–Trinajstić information content (AvgIpc) is 3.28. The molecule has 0 aliphatic heterocycles. The van der Waals surface area contributed by atoms with Crippen LogP contribution in [0.2, 0.25) is 0 Å². The highest BCUT2D eigenvalue weighted by Gasteiger charge is 2.34. The Morgan fingerprint density at radius 2 is 1.04 bits per heavy atom. The number of hydrogen-bond donors (Lipinski definition) is 0. The van der Waals surface area contributed by atoms with Crippen molar-refractivity contribution in [2.45, 2.75) is 0 Å². The summed E-state index contributed by atoms with van der Waals surface area (Å²) < 4.78 is 55.6. The molecule has 24 heavy (non-hydrogen) atoms. The second kappa shape index (κ2) is 6.29. The van der Waals surface area contributed by atoms with Crippen molar-refractivity contribution < 1.29 is 27.2 Å². The van der Waals surface area contributed by atoms with Gasteiger partial charge in [-0.1, -0.05) is 12.1 Å². The third kappa shape index (κ3) is 2.57. The molecule has 0 radical (unpaired) electrons. The minimum atomic E-state index is -2.13. The molecule has 0 bridgehead atoms. The Morgan fingerprint density at radius 1 is 0.667 bits per heavy atom. The monoisotopic (exact) mass is 370 g/mol. The number of carbonyl (C=O) groups is 2. The van der Waals surface area contributed by atoms with E-state index in [0.29, 0.717) is 0 Å². The Morgan fingerprint density at radius 3 is 1.33 bits per heavy atom. The van der Waals surface area contributed by atoms with E-state index in [1.54, 1.807) is 0 Å². The Labute approximate surface area is 141 Å². The molecular weight excluding hydrogens is 364 g/mol. The maximum absolute atomic E-state index is 14.2. The van der Waals surface area contributed by atoms with Crippen molar-refractivity contribution in [3.05, 3.63) is 79.2 Å². The van der Waals surface area contributed by atoms with E-state index in [1.165, 1.54) is 35.0 Å². The molecule has 0 aliphatic carbocycles. The molecule has 3 aromatic rings. The highest BCUT2D eigenvalue weighted by atomic mass is 32.1. The van der Waals surface area contributed by atoms with E-state index in [9.17, 15) is 27.2 Å². The summed E-state index contributed by atoms with van der Waals surface area (Å²) in [6, 6.07) is 5.58. The second-order valence-electron chi connectivity index (χ2n) is 4.62. The highest BCUT2D eigenvalue weighted by molar-refractivity contribution is 7.12. The van der Waals surface area contributed by atoms with E-state index < -0.39 is 46.0 Å². The molecule has 0 saturated heterocycles. The normalized spacial score (nSPS) is 10.8. The molecule has 0 saturated carbocycles. The van der Waals surface area contributed by atoms with Crippen molar-refractivity contribution in [3.63, 3.8) is 0 Å². The lowest BCUT2D eigenvalue weighted by atomic mass is 9.96. The molecule has 0 amide bonds. The molecule has 0 spiro atoms. The lowest BCUT2D eigenvalue weighted by Gasteiger charge is -2.11. The van der Waals surface area contributed by atoms with Gasteiger partial charge >= 0.3 is 0 Å². The molecule has 3 rings (SSSR count). The van der Waals surface area contributed by atoms with Crippen molar-refractivity contribution in [1.82, 2.24) is 0 Å². The van der Waals surface area contributed by atoms with Gasteiger partial charge in [-0.25, -0.2) is 17.6 Å². The minimum absolute atomic E-state index is 0.0282. The summed E-state index contributed by atoms with van der Waals surface area (Å²) in [6.45, 7) is 0. The molecule has 2 nitrogen and oxygen atoms in total. The van der Waals surface area contributed by atoms with Gasteiger partial charge in [0, 0.05) is 0 Å².